The molecule has 10 atom stereocenters. The number of rotatable bonds is 17. The van der Waals surface area contributed by atoms with Crippen molar-refractivity contribution in [3.63, 3.8) is 0 Å². The predicted molar refractivity (Wildman–Crippen MR) is 288 cm³/mol. The molecule has 446 valence electrons. The number of nitrogens with zero attached hydrogens (tertiary/aromatic N) is 8. The number of carbonyl (C=O) groups is 4. The number of fused-ring (bicyclic) bond motifs is 4. The molecular weight excluding hydrogens is 1140 g/mol. The molecule has 1 aliphatic carbocycles. The van der Waals surface area contributed by atoms with Crippen molar-refractivity contribution in [1.82, 2.24) is 49.7 Å². The summed E-state index contributed by atoms with van der Waals surface area (Å²) < 4.78 is 93.6. The highest BCUT2D eigenvalue weighted by atomic mass is 19.1. The number of hydrogen-bond donors (Lipinski definition) is 7. The molecule has 8 aromatic rings. The molecule has 27 nitrogen and oxygen atoms in total. The number of nitrogens with one attached hydrogen (secondary N) is 4. The zero-order valence-electron chi connectivity index (χ0n) is 44.9. The fraction of sp³-hybridized carbons (Fsp3) is 0.321. The van der Waals surface area contributed by atoms with Crippen LogP contribution in [0.25, 0.3) is 22.3 Å². The summed E-state index contributed by atoms with van der Waals surface area (Å²) in [4.78, 5) is 73.8. The van der Waals surface area contributed by atoms with E-state index in [0.717, 1.165) is 31.0 Å². The molecule has 86 heavy (non-hydrogen) atoms. The highest BCUT2D eigenvalue weighted by Crippen LogP contribution is 2.47. The maximum absolute atomic E-state index is 13.9. The summed E-state index contributed by atoms with van der Waals surface area (Å²) in [7, 11) is 0. The largest absolute Gasteiger partial charge is 0.490 e. The van der Waals surface area contributed by atoms with E-state index in [2.05, 4.69) is 51.2 Å². The number of urea groups is 2. The average molecular weight is 1190 g/mol. The molecule has 4 aliphatic heterocycles. The first-order valence-electron chi connectivity index (χ1n) is 26.9. The van der Waals surface area contributed by atoms with Crippen molar-refractivity contribution >= 4 is 58.0 Å². The fourth-order valence-electron chi connectivity index (χ4n) is 10.2. The van der Waals surface area contributed by atoms with Crippen LogP contribution in [0, 0.1) is 17.5 Å². The van der Waals surface area contributed by atoms with Gasteiger partial charge >= 0.3 is 24.0 Å². The van der Waals surface area contributed by atoms with E-state index in [0.29, 0.717) is 45.6 Å². The van der Waals surface area contributed by atoms with Crippen LogP contribution in [0.5, 0.6) is 11.5 Å². The second-order valence-electron chi connectivity index (χ2n) is 20.1. The maximum Gasteiger partial charge on any atom is 0.339 e. The number of amides is 4. The maximum atomic E-state index is 13.9. The summed E-state index contributed by atoms with van der Waals surface area (Å²) in [5, 5.41) is 39.4. The molecule has 1 saturated carbocycles. The van der Waals surface area contributed by atoms with Crippen molar-refractivity contribution in [2.75, 3.05) is 30.4 Å². The van der Waals surface area contributed by atoms with Crippen LogP contribution < -0.4 is 30.7 Å². The number of carboxylic acid groups (broad SMARTS) is 2. The Balaban J connectivity index is 0.000000168. The number of hydrogen-bond acceptors (Lipinski definition) is 19. The first-order valence-corrected chi connectivity index (χ1v) is 26.9. The highest BCUT2D eigenvalue weighted by Gasteiger charge is 2.56. The molecule has 13 rings (SSSR count). The molecule has 7 N–H and O–H groups in total. The van der Waals surface area contributed by atoms with Crippen LogP contribution in [0.4, 0.5) is 34.4 Å². The number of benzene rings is 4. The van der Waals surface area contributed by atoms with Gasteiger partial charge in [-0.3, -0.25) is 19.8 Å². The third-order valence-electron chi connectivity index (χ3n) is 14.4. The molecule has 0 spiro atoms. The molecule has 5 aliphatic rings. The zero-order valence-corrected chi connectivity index (χ0v) is 44.9. The minimum absolute atomic E-state index is 0.0872. The van der Waals surface area contributed by atoms with Gasteiger partial charge in [-0.25, -0.2) is 62.3 Å². The molecule has 5 fully saturated rings. The smallest absolute Gasteiger partial charge is 0.339 e. The Labute approximate surface area is 483 Å². The van der Waals surface area contributed by atoms with Crippen LogP contribution in [-0.2, 0) is 35.0 Å². The highest BCUT2D eigenvalue weighted by molar-refractivity contribution is 5.97. The molecule has 8 heterocycles. The number of aromatic carboxylic acids is 2. The van der Waals surface area contributed by atoms with Crippen molar-refractivity contribution < 1.29 is 85.6 Å². The Morgan fingerprint density at radius 2 is 1.08 bits per heavy atom. The number of halogens is 3. The number of anilines is 2. The summed E-state index contributed by atoms with van der Waals surface area (Å²) in [6.07, 6.45) is -0.449. The molecule has 4 amide bonds. The van der Waals surface area contributed by atoms with E-state index in [4.69, 9.17) is 37.9 Å². The Morgan fingerprint density at radius 1 is 0.581 bits per heavy atom. The topological polar surface area (TPSA) is 338 Å². The van der Waals surface area contributed by atoms with Gasteiger partial charge in [-0.15, -0.1) is 0 Å². The van der Waals surface area contributed by atoms with Crippen LogP contribution in [0.3, 0.4) is 0 Å². The van der Waals surface area contributed by atoms with E-state index >= 15 is 0 Å². The zero-order chi connectivity index (χ0) is 59.8. The molecule has 4 aromatic heterocycles. The van der Waals surface area contributed by atoms with Crippen molar-refractivity contribution in [3.05, 3.63) is 156 Å². The monoisotopic (exact) mass is 1190 g/mol. The number of aromatic nitrogens is 8. The Morgan fingerprint density at radius 3 is 1.58 bits per heavy atom. The third kappa shape index (κ3) is 11.8. The quantitative estimate of drug-likeness (QED) is 0.0525. The molecule has 0 radical (unpaired) electrons. The van der Waals surface area contributed by atoms with Crippen molar-refractivity contribution in [2.24, 2.45) is 0 Å². The summed E-state index contributed by atoms with van der Waals surface area (Å²) in [6.45, 7) is 1.56. The van der Waals surface area contributed by atoms with E-state index in [1.54, 1.807) is 46.4 Å². The van der Waals surface area contributed by atoms with E-state index in [9.17, 15) is 47.7 Å². The Kier molecular flexibility index (Phi) is 16.1. The van der Waals surface area contributed by atoms with Crippen LogP contribution in [0.2, 0.25) is 0 Å². The molecule has 4 saturated heterocycles. The lowest BCUT2D eigenvalue weighted by Gasteiger charge is -2.22. The average Bonchev–Trinajstić information content (AvgIpc) is 1.70. The number of aliphatic hydroxyl groups excluding tert-OH is 1. The molecular formula is C56H51F3N12O15. The van der Waals surface area contributed by atoms with Gasteiger partial charge in [0.1, 0.15) is 103 Å². The van der Waals surface area contributed by atoms with Crippen LogP contribution in [0.15, 0.2) is 110 Å². The van der Waals surface area contributed by atoms with Crippen molar-refractivity contribution in [3.8, 4) is 11.5 Å². The van der Waals surface area contributed by atoms with Crippen molar-refractivity contribution in [1.29, 1.82) is 0 Å². The summed E-state index contributed by atoms with van der Waals surface area (Å²) in [5.74, 6) is -3.67. The standard InChI is InChI=1S/C28H24F2N6O7.C28H27FN6O8/c29-14-3-1-13(2-4-14)27-42-21-19(10-40-18-9-15(30)5-8-17(18)26(37)38)41-25(22(21)43-27)36-12-33-20-23(31-11-32-24(20)36)35-28(39)34-16-6-7-16;1-2-30-28(39)34-23-20-24(32-12-31-23)35(13-33-20)25-22-21(42-27(43-22)15-4-6-16(29)7-5-15)19(41-25)11-40-18-8-3-14(10-36)9-17(18)26(37)38/h1-5,8-9,11-12,16,19,21-22,25,27H,6-7,10H2,(H,37,38)(H2,31,32,34,35,39);3-9,12-13,19,21-22,25,27,36H,2,10-11H2,1H3,(H,37,38)(H2,30,31,32,34,39)/t2*19?,21?,22?,25?,27-/m00/s1. The van der Waals surface area contributed by atoms with Gasteiger partial charge in [-0.1, -0.05) is 30.3 Å². The summed E-state index contributed by atoms with van der Waals surface area (Å²) >= 11 is 0. The molecule has 8 unspecified atom stereocenters. The lowest BCUT2D eigenvalue weighted by Crippen LogP contribution is -2.33. The minimum Gasteiger partial charge on any atom is -0.490 e. The van der Waals surface area contributed by atoms with Gasteiger partial charge < -0.3 is 63.8 Å². The summed E-state index contributed by atoms with van der Waals surface area (Å²) in [5.41, 5.74) is 2.57. The summed E-state index contributed by atoms with van der Waals surface area (Å²) in [6, 6.07) is 18.2. The predicted octanol–water partition coefficient (Wildman–Crippen LogP) is 6.30. The van der Waals surface area contributed by atoms with Gasteiger partial charge in [-0.05, 0) is 73.9 Å². The van der Waals surface area contributed by atoms with Gasteiger partial charge in [0.15, 0.2) is 59.0 Å². The number of ether oxygens (including phenoxy) is 8. The van der Waals surface area contributed by atoms with E-state index in [1.807, 2.05) is 0 Å². The van der Waals surface area contributed by atoms with E-state index in [-0.39, 0.29) is 60.1 Å². The van der Waals surface area contributed by atoms with Gasteiger partial charge in [-0.2, -0.15) is 0 Å². The molecule has 30 heteroatoms. The van der Waals surface area contributed by atoms with Crippen LogP contribution >= 0.6 is 0 Å². The first kappa shape index (κ1) is 57.0. The third-order valence-corrected chi connectivity index (χ3v) is 14.4. The SMILES string of the molecule is CCNC(=O)Nc1ncnc2c1ncn2C1OC(COc2ccc(CO)cc2C(=O)O)C2O[C@H](c3ccc(F)cc3)OC21.O=C(Nc1ncnc2c1ncn2C1OC(COc2cc(F)ccc2C(=O)O)C2O[C@H](c3ccc(F)cc3)OC21)NC1CC1. The minimum atomic E-state index is -1.28. The van der Waals surface area contributed by atoms with Crippen LogP contribution in [-0.4, -0.2) is 141 Å². The lowest BCUT2D eigenvalue weighted by atomic mass is 10.1. The molecule has 4 aromatic carbocycles. The lowest BCUT2D eigenvalue weighted by molar-refractivity contribution is -0.152. The number of imidazole rings is 2. The van der Waals surface area contributed by atoms with Gasteiger partial charge in [0.2, 0.25) is 0 Å². The second kappa shape index (κ2) is 24.3. The van der Waals surface area contributed by atoms with E-state index < -0.39 is 103 Å². The number of carboxylic acids is 2. The van der Waals surface area contributed by atoms with Gasteiger partial charge in [0, 0.05) is 29.8 Å². The Bertz CT molecular complexity index is 3840. The second-order valence-corrected chi connectivity index (χ2v) is 20.1. The normalized spacial score (nSPS) is 23.7. The Hall–Kier alpha value is -9.43. The van der Waals surface area contributed by atoms with Crippen molar-refractivity contribution in [2.45, 2.75) is 94.1 Å². The fourth-order valence-corrected chi connectivity index (χ4v) is 10.2. The molecule has 0 bridgehead atoms. The number of aliphatic hydroxyl groups is 1. The first-order chi connectivity index (χ1) is 41.7. The van der Waals surface area contributed by atoms with Crippen LogP contribution in [0.1, 0.15) is 82.2 Å². The van der Waals surface area contributed by atoms with Gasteiger partial charge in [0.05, 0.1) is 19.3 Å². The van der Waals surface area contributed by atoms with E-state index in [1.165, 1.54) is 61.7 Å². The number of carbonyl (C=O) groups excluding carboxylic acids is 2. The van der Waals surface area contributed by atoms with Gasteiger partial charge in [0.25, 0.3) is 0 Å².